The second-order valence-corrected chi connectivity index (χ2v) is 23.3. The average molecular weight is 1090 g/mol. The summed E-state index contributed by atoms with van der Waals surface area (Å²) in [4.78, 5) is 13.3. The molecule has 0 spiro atoms. The van der Waals surface area contributed by atoms with E-state index in [0.29, 0.717) is 12.8 Å². The molecule has 0 aromatic carbocycles. The van der Waals surface area contributed by atoms with Crippen molar-refractivity contribution in [2.45, 2.75) is 370 Å². The van der Waals surface area contributed by atoms with Crippen molar-refractivity contribution >= 4 is 5.91 Å². The molecule has 2 aliphatic heterocycles. The zero-order valence-electron chi connectivity index (χ0n) is 48.8. The smallest absolute Gasteiger partial charge is 0.220 e. The van der Waals surface area contributed by atoms with E-state index >= 15 is 0 Å². The third kappa shape index (κ3) is 33.7. The maximum absolute atomic E-state index is 13.3. The minimum atomic E-state index is -1.78. The van der Waals surface area contributed by atoms with Crippen LogP contribution in [0, 0.1) is 0 Å². The van der Waals surface area contributed by atoms with Gasteiger partial charge < -0.3 is 65.1 Å². The van der Waals surface area contributed by atoms with Crippen LogP contribution in [0.15, 0.2) is 0 Å². The van der Waals surface area contributed by atoms with Crippen LogP contribution in [-0.2, 0) is 23.7 Å². The van der Waals surface area contributed by atoms with Gasteiger partial charge in [0.15, 0.2) is 12.6 Å². The van der Waals surface area contributed by atoms with Gasteiger partial charge in [-0.25, -0.2) is 0 Å². The van der Waals surface area contributed by atoms with Crippen molar-refractivity contribution in [2.75, 3.05) is 19.8 Å². The lowest BCUT2D eigenvalue weighted by Gasteiger charge is -2.46. The van der Waals surface area contributed by atoms with Crippen molar-refractivity contribution in [1.82, 2.24) is 5.32 Å². The highest BCUT2D eigenvalue weighted by atomic mass is 16.7. The van der Waals surface area contributed by atoms with Gasteiger partial charge >= 0.3 is 0 Å². The van der Waals surface area contributed by atoms with Crippen LogP contribution in [0.1, 0.15) is 296 Å². The number of ether oxygens (including phenoxy) is 4. The highest BCUT2D eigenvalue weighted by Gasteiger charge is 2.51. The Morgan fingerprint density at radius 2 is 0.750 bits per heavy atom. The molecule has 0 saturated carbocycles. The molecule has 12 atom stereocenters. The van der Waals surface area contributed by atoms with Crippen molar-refractivity contribution in [3.05, 3.63) is 0 Å². The molecule has 14 heteroatoms. The standard InChI is InChI=1S/C62H121NO13/c1-3-5-7-9-11-13-15-17-19-20-21-22-23-24-25-26-27-28-29-30-32-34-36-38-40-42-44-46-54(67)63-50(51(66)45-43-41-39-37-35-33-31-18-16-14-12-10-8-6-4-2)49-73-61-59(72)57(70)60(53(48-65)75-61)76-62-58(71)56(69)55(68)52(47-64)74-62/h50-53,55-62,64-66,68-72H,3-49H2,1-2H3,(H,63,67). The predicted octanol–water partition coefficient (Wildman–Crippen LogP) is 11.7. The first-order chi connectivity index (χ1) is 37.1. The average Bonchev–Trinajstić information content (AvgIpc) is 3.42. The predicted molar refractivity (Wildman–Crippen MR) is 305 cm³/mol. The van der Waals surface area contributed by atoms with Crippen molar-refractivity contribution in [2.24, 2.45) is 0 Å². The number of nitrogens with one attached hydrogen (secondary N) is 1. The lowest BCUT2D eigenvalue weighted by atomic mass is 9.97. The Morgan fingerprint density at radius 3 is 1.12 bits per heavy atom. The number of aliphatic hydroxyl groups excluding tert-OH is 8. The minimum absolute atomic E-state index is 0.199. The normalized spacial score (nSPS) is 24.8. The highest BCUT2D eigenvalue weighted by molar-refractivity contribution is 5.76. The molecule has 0 radical (unpaired) electrons. The van der Waals surface area contributed by atoms with Gasteiger partial charge in [0.25, 0.3) is 0 Å². The van der Waals surface area contributed by atoms with Gasteiger partial charge in [-0.1, -0.05) is 277 Å². The van der Waals surface area contributed by atoms with Crippen molar-refractivity contribution in [3.63, 3.8) is 0 Å². The van der Waals surface area contributed by atoms with E-state index in [1.165, 1.54) is 218 Å². The van der Waals surface area contributed by atoms with Gasteiger partial charge in [-0.3, -0.25) is 4.79 Å². The summed E-state index contributed by atoms with van der Waals surface area (Å²) in [6, 6.07) is -0.823. The Hall–Kier alpha value is -1.01. The van der Waals surface area contributed by atoms with Gasteiger partial charge in [0.2, 0.25) is 5.91 Å². The lowest BCUT2D eigenvalue weighted by Crippen LogP contribution is -2.65. The first kappa shape index (κ1) is 71.1. The third-order valence-corrected chi connectivity index (χ3v) is 16.3. The van der Waals surface area contributed by atoms with E-state index in [9.17, 15) is 45.6 Å². The molecular formula is C62H121NO13. The maximum atomic E-state index is 13.3. The summed E-state index contributed by atoms with van der Waals surface area (Å²) in [6.07, 6.45) is 38.3. The van der Waals surface area contributed by atoms with E-state index in [1.54, 1.807) is 0 Å². The van der Waals surface area contributed by atoms with Crippen LogP contribution in [0.4, 0.5) is 0 Å². The first-order valence-electron chi connectivity index (χ1n) is 32.3. The van der Waals surface area contributed by atoms with Gasteiger partial charge in [0.1, 0.15) is 48.8 Å². The van der Waals surface area contributed by atoms with Crippen LogP contribution >= 0.6 is 0 Å². The molecule has 12 unspecified atom stereocenters. The van der Waals surface area contributed by atoms with Gasteiger partial charge in [-0.15, -0.1) is 0 Å². The minimum Gasteiger partial charge on any atom is -0.394 e. The summed E-state index contributed by atoms with van der Waals surface area (Å²) in [7, 11) is 0. The summed E-state index contributed by atoms with van der Waals surface area (Å²) >= 11 is 0. The number of unbranched alkanes of at least 4 members (excludes halogenated alkanes) is 40. The Morgan fingerprint density at radius 1 is 0.421 bits per heavy atom. The monoisotopic (exact) mass is 1090 g/mol. The number of carbonyl (C=O) groups excluding carboxylic acids is 1. The van der Waals surface area contributed by atoms with E-state index in [-0.39, 0.29) is 12.5 Å². The number of hydrogen-bond acceptors (Lipinski definition) is 13. The fraction of sp³-hybridized carbons (Fsp3) is 0.984. The van der Waals surface area contributed by atoms with Crippen LogP contribution in [0.2, 0.25) is 0 Å². The Balaban J connectivity index is 1.67. The van der Waals surface area contributed by atoms with Crippen molar-refractivity contribution in [3.8, 4) is 0 Å². The second kappa shape index (κ2) is 48.7. The number of aliphatic hydroxyl groups is 8. The molecule has 0 bridgehead atoms. The zero-order valence-corrected chi connectivity index (χ0v) is 48.8. The molecule has 2 saturated heterocycles. The Labute approximate surface area is 464 Å². The molecule has 0 aliphatic carbocycles. The van der Waals surface area contributed by atoms with E-state index in [4.69, 9.17) is 18.9 Å². The van der Waals surface area contributed by atoms with Crippen molar-refractivity contribution < 1.29 is 64.6 Å². The van der Waals surface area contributed by atoms with E-state index in [2.05, 4.69) is 19.2 Å². The van der Waals surface area contributed by atoms with Crippen LogP contribution in [0.3, 0.4) is 0 Å². The molecule has 0 aromatic rings. The molecule has 452 valence electrons. The lowest BCUT2D eigenvalue weighted by molar-refractivity contribution is -0.359. The number of hydrogen-bond donors (Lipinski definition) is 9. The molecule has 9 N–H and O–H groups in total. The molecule has 2 rings (SSSR count). The molecule has 0 aromatic heterocycles. The first-order valence-corrected chi connectivity index (χ1v) is 32.3. The molecular weight excluding hydrogens is 967 g/mol. The number of carbonyl (C=O) groups is 1. The van der Waals surface area contributed by atoms with Crippen LogP contribution in [0.5, 0.6) is 0 Å². The zero-order chi connectivity index (χ0) is 55.3. The quantitative estimate of drug-likeness (QED) is 0.0259. The molecule has 1 amide bonds. The van der Waals surface area contributed by atoms with Gasteiger partial charge in [0, 0.05) is 6.42 Å². The fourth-order valence-electron chi connectivity index (χ4n) is 11.1. The summed E-state index contributed by atoms with van der Waals surface area (Å²) in [5.74, 6) is -0.199. The van der Waals surface area contributed by atoms with Gasteiger partial charge in [-0.2, -0.15) is 0 Å². The molecule has 2 heterocycles. The largest absolute Gasteiger partial charge is 0.394 e. The van der Waals surface area contributed by atoms with E-state index in [0.717, 1.165) is 51.4 Å². The molecule has 14 nitrogen and oxygen atoms in total. The number of rotatable bonds is 53. The van der Waals surface area contributed by atoms with Crippen LogP contribution in [0.25, 0.3) is 0 Å². The summed E-state index contributed by atoms with van der Waals surface area (Å²) in [6.45, 7) is 2.91. The summed E-state index contributed by atoms with van der Waals surface area (Å²) < 4.78 is 22.9. The van der Waals surface area contributed by atoms with Crippen molar-refractivity contribution in [1.29, 1.82) is 0 Å². The SMILES string of the molecule is CCCCCCCCCCCCCCCCCCCCCCCCCCCCCC(=O)NC(COC1OC(CO)C(OC2OC(CO)C(O)C(O)C2O)C(O)C1O)C(O)CCCCCCCCCCCCCCCCC. The highest BCUT2D eigenvalue weighted by Crippen LogP contribution is 2.30. The Kier molecular flexibility index (Phi) is 45.5. The van der Waals surface area contributed by atoms with Gasteiger partial charge in [-0.05, 0) is 12.8 Å². The number of amides is 1. The Bertz CT molecular complexity index is 1280. The fourth-order valence-corrected chi connectivity index (χ4v) is 11.1. The molecule has 2 fully saturated rings. The summed E-state index contributed by atoms with van der Waals surface area (Å²) in [5.41, 5.74) is 0. The molecule has 2 aliphatic rings. The van der Waals surface area contributed by atoms with Crippen LogP contribution in [-0.4, -0.2) is 140 Å². The third-order valence-electron chi connectivity index (χ3n) is 16.3. The van der Waals surface area contributed by atoms with Gasteiger partial charge in [0.05, 0.1) is 32.0 Å². The van der Waals surface area contributed by atoms with Crippen LogP contribution < -0.4 is 5.32 Å². The second-order valence-electron chi connectivity index (χ2n) is 23.3. The topological polar surface area (TPSA) is 228 Å². The maximum Gasteiger partial charge on any atom is 0.220 e. The van der Waals surface area contributed by atoms with E-state index in [1.807, 2.05) is 0 Å². The summed E-state index contributed by atoms with van der Waals surface area (Å²) in [5, 5.41) is 87.3. The van der Waals surface area contributed by atoms with E-state index < -0.39 is 86.8 Å². The molecule has 76 heavy (non-hydrogen) atoms.